The monoisotopic (exact) mass is 398 g/mol. The fraction of sp³-hybridized carbons (Fsp3) is 0.625. The minimum atomic E-state index is -0.492. The van der Waals surface area contributed by atoms with Crippen molar-refractivity contribution in [2.75, 3.05) is 0 Å². The van der Waals surface area contributed by atoms with Gasteiger partial charge in [0.1, 0.15) is 5.60 Å². The van der Waals surface area contributed by atoms with E-state index in [0.29, 0.717) is 11.7 Å². The summed E-state index contributed by atoms with van der Waals surface area (Å²) in [7, 11) is 0. The molecule has 1 aliphatic rings. The number of aromatic nitrogens is 2. The van der Waals surface area contributed by atoms with Gasteiger partial charge < -0.3 is 9.26 Å². The molecule has 158 valence electrons. The van der Waals surface area contributed by atoms with Crippen molar-refractivity contribution in [1.29, 1.82) is 0 Å². The topological polar surface area (TPSA) is 65.2 Å². The lowest BCUT2D eigenvalue weighted by molar-refractivity contribution is -0.155. The number of rotatable bonds is 8. The van der Waals surface area contributed by atoms with Gasteiger partial charge in [-0.3, -0.25) is 4.79 Å². The van der Waals surface area contributed by atoms with E-state index >= 15 is 0 Å². The highest BCUT2D eigenvalue weighted by atomic mass is 16.6. The maximum atomic E-state index is 12.5. The third-order valence-electron chi connectivity index (χ3n) is 5.55. The molecule has 1 fully saturated rings. The van der Waals surface area contributed by atoms with Gasteiger partial charge in [-0.2, -0.15) is 4.98 Å². The SMILES string of the molecule is CC(C)(C)OC(=O)C[C@H](CCCC1CCCCC1)c1nc(-c2ccccc2)no1. The molecule has 0 saturated heterocycles. The van der Waals surface area contributed by atoms with E-state index in [0.717, 1.165) is 24.3 Å². The van der Waals surface area contributed by atoms with Crippen LogP contribution in [-0.2, 0) is 9.53 Å². The zero-order valence-corrected chi connectivity index (χ0v) is 18.0. The Kier molecular flexibility index (Phi) is 7.45. The van der Waals surface area contributed by atoms with Crippen LogP contribution in [0.25, 0.3) is 11.4 Å². The van der Waals surface area contributed by atoms with Crippen LogP contribution in [0.5, 0.6) is 0 Å². The number of esters is 1. The first-order valence-electron chi connectivity index (χ1n) is 11.0. The number of nitrogens with zero attached hydrogens (tertiary/aromatic N) is 2. The summed E-state index contributed by atoms with van der Waals surface area (Å²) in [6.07, 6.45) is 10.2. The van der Waals surface area contributed by atoms with Crippen molar-refractivity contribution in [2.45, 2.75) is 90.1 Å². The number of benzene rings is 1. The fourth-order valence-corrected chi connectivity index (χ4v) is 4.13. The Morgan fingerprint density at radius 2 is 1.90 bits per heavy atom. The third-order valence-corrected chi connectivity index (χ3v) is 5.55. The number of ether oxygens (including phenoxy) is 1. The molecule has 0 N–H and O–H groups in total. The zero-order valence-electron chi connectivity index (χ0n) is 18.0. The van der Waals surface area contributed by atoms with Crippen LogP contribution in [0.2, 0.25) is 0 Å². The standard InChI is InChI=1S/C24H34N2O3/c1-24(2,3)28-21(27)17-20(16-10-13-18-11-6-4-7-12-18)23-25-22(26-29-23)19-14-8-5-9-15-19/h5,8-9,14-15,18,20H,4,6-7,10-13,16-17H2,1-3H3/t20-/m0/s1. The Balaban J connectivity index is 1.66. The first-order valence-corrected chi connectivity index (χ1v) is 11.0. The van der Waals surface area contributed by atoms with Crippen molar-refractivity contribution >= 4 is 5.97 Å². The van der Waals surface area contributed by atoms with Gasteiger partial charge in [0.05, 0.1) is 6.42 Å². The predicted octanol–water partition coefficient (Wildman–Crippen LogP) is 6.30. The highest BCUT2D eigenvalue weighted by molar-refractivity contribution is 5.70. The Morgan fingerprint density at radius 1 is 1.17 bits per heavy atom. The zero-order chi connectivity index (χ0) is 20.7. The molecule has 0 unspecified atom stereocenters. The van der Waals surface area contributed by atoms with Crippen LogP contribution < -0.4 is 0 Å². The van der Waals surface area contributed by atoms with Crippen LogP contribution in [0.4, 0.5) is 0 Å². The second kappa shape index (κ2) is 10.0. The van der Waals surface area contributed by atoms with Crippen LogP contribution in [0.15, 0.2) is 34.9 Å². The maximum Gasteiger partial charge on any atom is 0.307 e. The summed E-state index contributed by atoms with van der Waals surface area (Å²) in [6, 6.07) is 9.78. The van der Waals surface area contributed by atoms with Crippen LogP contribution in [0.1, 0.15) is 90.4 Å². The lowest BCUT2D eigenvalue weighted by Crippen LogP contribution is -2.25. The van der Waals surface area contributed by atoms with Crippen molar-refractivity contribution in [3.8, 4) is 11.4 Å². The molecule has 5 nitrogen and oxygen atoms in total. The molecule has 0 amide bonds. The minimum absolute atomic E-state index is 0.0987. The third kappa shape index (κ3) is 6.98. The molecule has 2 aromatic rings. The molecule has 1 atom stereocenters. The highest BCUT2D eigenvalue weighted by Gasteiger charge is 2.26. The van der Waals surface area contributed by atoms with Gasteiger partial charge in [-0.15, -0.1) is 0 Å². The van der Waals surface area contributed by atoms with Gasteiger partial charge in [0.25, 0.3) is 0 Å². The number of carbonyl (C=O) groups is 1. The maximum absolute atomic E-state index is 12.5. The van der Waals surface area contributed by atoms with Crippen molar-refractivity contribution in [1.82, 2.24) is 10.1 Å². The molecule has 1 heterocycles. The Bertz CT molecular complexity index is 758. The normalized spacial score (nSPS) is 16.5. The molecule has 0 aliphatic heterocycles. The first-order chi connectivity index (χ1) is 13.9. The molecule has 0 radical (unpaired) electrons. The molecular weight excluding hydrogens is 364 g/mol. The van der Waals surface area contributed by atoms with Gasteiger partial charge in [0, 0.05) is 11.5 Å². The van der Waals surface area contributed by atoms with E-state index in [1.807, 2.05) is 51.1 Å². The lowest BCUT2D eigenvalue weighted by Gasteiger charge is -2.23. The summed E-state index contributed by atoms with van der Waals surface area (Å²) in [5.74, 6) is 1.63. The summed E-state index contributed by atoms with van der Waals surface area (Å²) in [5, 5.41) is 4.15. The molecule has 0 bridgehead atoms. The van der Waals surface area contributed by atoms with Gasteiger partial charge in [-0.05, 0) is 33.1 Å². The second-order valence-corrected chi connectivity index (χ2v) is 9.24. The average Bonchev–Trinajstić information content (AvgIpc) is 3.17. The summed E-state index contributed by atoms with van der Waals surface area (Å²) < 4.78 is 11.1. The second-order valence-electron chi connectivity index (χ2n) is 9.24. The Morgan fingerprint density at radius 3 is 2.59 bits per heavy atom. The fourth-order valence-electron chi connectivity index (χ4n) is 4.13. The van der Waals surface area contributed by atoms with E-state index in [4.69, 9.17) is 9.26 Å². The van der Waals surface area contributed by atoms with Crippen LogP contribution in [0, 0.1) is 5.92 Å². The Hall–Kier alpha value is -2.17. The van der Waals surface area contributed by atoms with E-state index in [9.17, 15) is 4.79 Å². The van der Waals surface area contributed by atoms with Gasteiger partial charge in [0.15, 0.2) is 0 Å². The molecule has 29 heavy (non-hydrogen) atoms. The van der Waals surface area contributed by atoms with Gasteiger partial charge in [0.2, 0.25) is 11.7 Å². The summed E-state index contributed by atoms with van der Waals surface area (Å²) in [6.45, 7) is 5.68. The van der Waals surface area contributed by atoms with Crippen molar-refractivity contribution in [2.24, 2.45) is 5.92 Å². The number of hydrogen-bond donors (Lipinski definition) is 0. The van der Waals surface area contributed by atoms with Crippen LogP contribution in [-0.4, -0.2) is 21.7 Å². The minimum Gasteiger partial charge on any atom is -0.460 e. The summed E-state index contributed by atoms with van der Waals surface area (Å²) in [4.78, 5) is 17.1. The van der Waals surface area contributed by atoms with E-state index < -0.39 is 5.60 Å². The molecule has 1 saturated carbocycles. The van der Waals surface area contributed by atoms with Crippen LogP contribution in [0.3, 0.4) is 0 Å². The van der Waals surface area contributed by atoms with Crippen molar-refractivity contribution in [3.05, 3.63) is 36.2 Å². The largest absolute Gasteiger partial charge is 0.460 e. The van der Waals surface area contributed by atoms with Gasteiger partial charge >= 0.3 is 5.97 Å². The van der Waals surface area contributed by atoms with Crippen LogP contribution >= 0.6 is 0 Å². The van der Waals surface area contributed by atoms with E-state index in [-0.39, 0.29) is 18.3 Å². The summed E-state index contributed by atoms with van der Waals surface area (Å²) in [5.41, 5.74) is 0.425. The van der Waals surface area contributed by atoms with Gasteiger partial charge in [-0.1, -0.05) is 80.4 Å². The molecule has 1 aromatic carbocycles. The molecule has 0 spiro atoms. The molecule has 1 aliphatic carbocycles. The quantitative estimate of drug-likeness (QED) is 0.488. The highest BCUT2D eigenvalue weighted by Crippen LogP contribution is 2.32. The van der Waals surface area contributed by atoms with E-state index in [1.54, 1.807) is 0 Å². The van der Waals surface area contributed by atoms with E-state index in [2.05, 4.69) is 10.1 Å². The lowest BCUT2D eigenvalue weighted by atomic mass is 9.84. The number of carbonyl (C=O) groups excluding carboxylic acids is 1. The Labute approximate surface area is 174 Å². The smallest absolute Gasteiger partial charge is 0.307 e. The molecule has 5 heteroatoms. The van der Waals surface area contributed by atoms with E-state index in [1.165, 1.54) is 38.5 Å². The summed E-state index contributed by atoms with van der Waals surface area (Å²) >= 11 is 0. The van der Waals surface area contributed by atoms with Gasteiger partial charge in [-0.25, -0.2) is 0 Å². The molecule has 3 rings (SSSR count). The number of hydrogen-bond acceptors (Lipinski definition) is 5. The molecular formula is C24H34N2O3. The molecule has 1 aromatic heterocycles. The first kappa shape index (κ1) is 21.5. The van der Waals surface area contributed by atoms with Crippen molar-refractivity contribution in [3.63, 3.8) is 0 Å². The average molecular weight is 399 g/mol. The predicted molar refractivity (Wildman–Crippen MR) is 113 cm³/mol. The van der Waals surface area contributed by atoms with Crippen molar-refractivity contribution < 1.29 is 14.1 Å².